The van der Waals surface area contributed by atoms with E-state index in [-0.39, 0.29) is 5.91 Å². The molecule has 0 aliphatic carbocycles. The smallest absolute Gasteiger partial charge is 0.237 e. The summed E-state index contributed by atoms with van der Waals surface area (Å²) in [5, 5.41) is 2.91. The predicted octanol–water partition coefficient (Wildman–Crippen LogP) is 0.657. The van der Waals surface area contributed by atoms with Crippen LogP contribution in [0.5, 0.6) is 0 Å². The number of carbonyl (C=O) groups excluding carboxylic acids is 1. The van der Waals surface area contributed by atoms with Gasteiger partial charge in [-0.1, -0.05) is 13.3 Å². The molecule has 0 spiro atoms. The van der Waals surface area contributed by atoms with E-state index < -0.39 is 5.54 Å². The van der Waals surface area contributed by atoms with Crippen LogP contribution in [0, 0.1) is 0 Å². The van der Waals surface area contributed by atoms with E-state index in [0.717, 1.165) is 19.4 Å². The van der Waals surface area contributed by atoms with Crippen LogP contribution in [0.3, 0.4) is 0 Å². The summed E-state index contributed by atoms with van der Waals surface area (Å²) in [5.74, 6) is -0.334. The predicted molar refractivity (Wildman–Crippen MR) is 57.0 cm³/mol. The van der Waals surface area contributed by atoms with Crippen molar-refractivity contribution in [2.45, 2.75) is 38.6 Å². The van der Waals surface area contributed by atoms with Gasteiger partial charge in [0, 0.05) is 13.2 Å². The van der Waals surface area contributed by atoms with Crippen molar-refractivity contribution in [3.8, 4) is 0 Å². The number of rotatable bonds is 8. The van der Waals surface area contributed by atoms with E-state index in [4.69, 9.17) is 10.5 Å². The van der Waals surface area contributed by atoms with E-state index in [0.29, 0.717) is 13.0 Å². The molecule has 0 aliphatic heterocycles. The maximum Gasteiger partial charge on any atom is 0.237 e. The molecule has 0 saturated heterocycles. The van der Waals surface area contributed by atoms with Gasteiger partial charge < -0.3 is 15.8 Å². The second-order valence-electron chi connectivity index (χ2n) is 3.66. The Hall–Kier alpha value is -0.610. The summed E-state index contributed by atoms with van der Waals surface area (Å²) >= 11 is 0. The van der Waals surface area contributed by atoms with Crippen molar-refractivity contribution in [3.63, 3.8) is 0 Å². The van der Waals surface area contributed by atoms with Gasteiger partial charge in [0.05, 0.1) is 5.54 Å². The van der Waals surface area contributed by atoms with Crippen molar-refractivity contribution in [2.24, 2.45) is 5.73 Å². The number of nitrogens with one attached hydrogen (secondary N) is 1. The zero-order valence-electron chi connectivity index (χ0n) is 9.43. The minimum absolute atomic E-state index is 0.334. The summed E-state index contributed by atoms with van der Waals surface area (Å²) in [6.07, 6.45) is 2.80. The number of carbonyl (C=O) groups is 1. The van der Waals surface area contributed by atoms with Crippen molar-refractivity contribution in [3.05, 3.63) is 0 Å². The highest BCUT2D eigenvalue weighted by Crippen LogP contribution is 2.08. The van der Waals surface area contributed by atoms with Crippen LogP contribution < -0.4 is 11.1 Å². The lowest BCUT2D eigenvalue weighted by Gasteiger charge is -2.25. The Balaban J connectivity index is 3.68. The number of amides is 1. The molecule has 1 unspecified atom stereocenters. The zero-order valence-corrected chi connectivity index (χ0v) is 9.43. The standard InChI is InChI=1S/C10H22N2O2/c1-4-5-7-14-8-6-10(2,12-3)9(11)13/h12H,4-8H2,1-3H3,(H2,11,13). The van der Waals surface area contributed by atoms with Gasteiger partial charge in [0.15, 0.2) is 0 Å². The molecule has 0 radical (unpaired) electrons. The van der Waals surface area contributed by atoms with Crippen molar-refractivity contribution >= 4 is 5.91 Å². The highest BCUT2D eigenvalue weighted by atomic mass is 16.5. The first-order chi connectivity index (χ1) is 6.56. The number of ether oxygens (including phenoxy) is 1. The molecular weight excluding hydrogens is 180 g/mol. The van der Waals surface area contributed by atoms with Crippen molar-refractivity contribution in [2.75, 3.05) is 20.3 Å². The summed E-state index contributed by atoms with van der Waals surface area (Å²) in [5.41, 5.74) is 4.62. The van der Waals surface area contributed by atoms with E-state index in [2.05, 4.69) is 12.2 Å². The Morgan fingerprint density at radius 2 is 2.14 bits per heavy atom. The first-order valence-corrected chi connectivity index (χ1v) is 5.13. The maximum atomic E-state index is 11.1. The highest BCUT2D eigenvalue weighted by Gasteiger charge is 2.28. The van der Waals surface area contributed by atoms with E-state index in [1.807, 2.05) is 0 Å². The van der Waals surface area contributed by atoms with Gasteiger partial charge >= 0.3 is 0 Å². The van der Waals surface area contributed by atoms with Gasteiger partial charge in [-0.05, 0) is 26.8 Å². The molecule has 84 valence electrons. The van der Waals surface area contributed by atoms with Crippen LogP contribution in [-0.4, -0.2) is 31.7 Å². The van der Waals surface area contributed by atoms with Crippen molar-refractivity contribution in [1.29, 1.82) is 0 Å². The lowest BCUT2D eigenvalue weighted by atomic mass is 9.98. The molecular formula is C10H22N2O2. The summed E-state index contributed by atoms with van der Waals surface area (Å²) in [6.45, 7) is 5.23. The number of primary amides is 1. The van der Waals surface area contributed by atoms with Crippen molar-refractivity contribution < 1.29 is 9.53 Å². The molecule has 0 aromatic heterocycles. The molecule has 0 aromatic rings. The second-order valence-corrected chi connectivity index (χ2v) is 3.66. The number of hydrogen-bond acceptors (Lipinski definition) is 3. The SMILES string of the molecule is CCCCOCCC(C)(NC)C(N)=O. The summed E-state index contributed by atoms with van der Waals surface area (Å²) in [7, 11) is 1.73. The van der Waals surface area contributed by atoms with Crippen LogP contribution in [0.15, 0.2) is 0 Å². The van der Waals surface area contributed by atoms with Crippen LogP contribution in [0.1, 0.15) is 33.1 Å². The summed E-state index contributed by atoms with van der Waals surface area (Å²) in [6, 6.07) is 0. The normalized spacial score (nSPS) is 15.1. The largest absolute Gasteiger partial charge is 0.381 e. The average Bonchev–Trinajstić information content (AvgIpc) is 2.17. The fraction of sp³-hybridized carbons (Fsp3) is 0.900. The minimum Gasteiger partial charge on any atom is -0.381 e. The Labute approximate surface area is 86.2 Å². The maximum absolute atomic E-state index is 11.1. The molecule has 0 rings (SSSR count). The Bertz CT molecular complexity index is 174. The van der Waals surface area contributed by atoms with Gasteiger partial charge in [-0.3, -0.25) is 4.79 Å². The average molecular weight is 202 g/mol. The van der Waals surface area contributed by atoms with Gasteiger partial charge in [0.1, 0.15) is 0 Å². The molecule has 1 amide bonds. The molecule has 0 heterocycles. The van der Waals surface area contributed by atoms with Crippen LogP contribution in [0.2, 0.25) is 0 Å². The third kappa shape index (κ3) is 4.58. The Morgan fingerprint density at radius 3 is 2.57 bits per heavy atom. The van der Waals surface area contributed by atoms with E-state index in [9.17, 15) is 4.79 Å². The molecule has 14 heavy (non-hydrogen) atoms. The summed E-state index contributed by atoms with van der Waals surface area (Å²) in [4.78, 5) is 11.1. The first-order valence-electron chi connectivity index (χ1n) is 5.13. The second kappa shape index (κ2) is 6.79. The van der Waals surface area contributed by atoms with E-state index in [1.165, 1.54) is 0 Å². The van der Waals surface area contributed by atoms with Crippen LogP contribution >= 0.6 is 0 Å². The molecule has 3 N–H and O–H groups in total. The van der Waals surface area contributed by atoms with Gasteiger partial charge in [-0.15, -0.1) is 0 Å². The number of hydrogen-bond donors (Lipinski definition) is 2. The molecule has 0 aromatic carbocycles. The van der Waals surface area contributed by atoms with Crippen LogP contribution in [0.4, 0.5) is 0 Å². The van der Waals surface area contributed by atoms with E-state index >= 15 is 0 Å². The monoisotopic (exact) mass is 202 g/mol. The number of likely N-dealkylation sites (N-methyl/N-ethyl adjacent to an activating group) is 1. The van der Waals surface area contributed by atoms with Crippen molar-refractivity contribution in [1.82, 2.24) is 5.32 Å². The molecule has 4 nitrogen and oxygen atoms in total. The molecule has 0 aliphatic rings. The molecule has 0 fully saturated rings. The van der Waals surface area contributed by atoms with Crippen LogP contribution in [-0.2, 0) is 9.53 Å². The third-order valence-electron chi connectivity index (χ3n) is 2.48. The number of unbranched alkanes of at least 4 members (excludes halogenated alkanes) is 1. The van der Waals surface area contributed by atoms with Gasteiger partial charge in [0.2, 0.25) is 5.91 Å². The third-order valence-corrected chi connectivity index (χ3v) is 2.48. The van der Waals surface area contributed by atoms with Gasteiger partial charge in [-0.2, -0.15) is 0 Å². The van der Waals surface area contributed by atoms with E-state index in [1.54, 1.807) is 14.0 Å². The first kappa shape index (κ1) is 13.4. The lowest BCUT2D eigenvalue weighted by Crippen LogP contribution is -2.52. The van der Waals surface area contributed by atoms with Gasteiger partial charge in [0.25, 0.3) is 0 Å². The molecule has 0 bridgehead atoms. The van der Waals surface area contributed by atoms with Crippen LogP contribution in [0.25, 0.3) is 0 Å². The fourth-order valence-corrected chi connectivity index (χ4v) is 0.996. The Morgan fingerprint density at radius 1 is 1.50 bits per heavy atom. The molecule has 1 atom stereocenters. The Kier molecular flexibility index (Phi) is 6.49. The molecule has 4 heteroatoms. The summed E-state index contributed by atoms with van der Waals surface area (Å²) < 4.78 is 5.37. The highest BCUT2D eigenvalue weighted by molar-refractivity contribution is 5.84. The van der Waals surface area contributed by atoms with Gasteiger partial charge in [-0.25, -0.2) is 0 Å². The fourth-order valence-electron chi connectivity index (χ4n) is 0.996. The quantitative estimate of drug-likeness (QED) is 0.568. The lowest BCUT2D eigenvalue weighted by molar-refractivity contribution is -0.124. The molecule has 0 saturated carbocycles. The minimum atomic E-state index is -0.647. The topological polar surface area (TPSA) is 64.3 Å². The number of nitrogens with two attached hydrogens (primary N) is 1. The zero-order chi connectivity index (χ0) is 11.0.